The minimum absolute atomic E-state index is 0.207. The number of aromatic nitrogens is 3. The maximum atomic E-state index is 12.3. The zero-order valence-corrected chi connectivity index (χ0v) is 13.5. The van der Waals surface area contributed by atoms with Crippen LogP contribution >= 0.6 is 0 Å². The van der Waals surface area contributed by atoms with Crippen molar-refractivity contribution in [3.63, 3.8) is 0 Å². The van der Waals surface area contributed by atoms with E-state index in [0.717, 1.165) is 5.56 Å². The topological polar surface area (TPSA) is 99.9 Å². The Balaban J connectivity index is 1.40. The highest BCUT2D eigenvalue weighted by atomic mass is 16.5. The molecule has 0 aliphatic heterocycles. The Kier molecular flexibility index (Phi) is 3.97. The molecule has 1 amide bonds. The van der Waals surface area contributed by atoms with E-state index in [4.69, 9.17) is 4.74 Å². The van der Waals surface area contributed by atoms with Crippen molar-refractivity contribution < 1.29 is 9.53 Å². The van der Waals surface area contributed by atoms with Gasteiger partial charge in [0.25, 0.3) is 5.91 Å². The summed E-state index contributed by atoms with van der Waals surface area (Å²) in [4.78, 5) is 33.1. The highest BCUT2D eigenvalue weighted by Crippen LogP contribution is 2.29. The van der Waals surface area contributed by atoms with Crippen LogP contribution in [0.5, 0.6) is 5.88 Å². The van der Waals surface area contributed by atoms with Gasteiger partial charge in [-0.05, 0) is 48.6 Å². The van der Waals surface area contributed by atoms with E-state index >= 15 is 0 Å². The van der Waals surface area contributed by atoms with Gasteiger partial charge in [-0.3, -0.25) is 4.79 Å². The van der Waals surface area contributed by atoms with Crippen LogP contribution in [0, 0.1) is 5.92 Å². The second-order valence-corrected chi connectivity index (χ2v) is 6.28. The van der Waals surface area contributed by atoms with Crippen molar-refractivity contribution in [3.05, 3.63) is 58.1 Å². The van der Waals surface area contributed by atoms with Crippen LogP contribution in [0.15, 0.2) is 41.3 Å². The summed E-state index contributed by atoms with van der Waals surface area (Å²) in [7, 11) is 0. The zero-order chi connectivity index (χ0) is 17.2. The average molecular weight is 338 g/mol. The molecule has 7 nitrogen and oxygen atoms in total. The van der Waals surface area contributed by atoms with Gasteiger partial charge in [0.2, 0.25) is 5.88 Å². The SMILES string of the molecule is O=C(NCc1ccnc(OCC2CC2)c1)c1ccc2[nH]c(=O)[nH]c2c1. The van der Waals surface area contributed by atoms with Gasteiger partial charge < -0.3 is 20.0 Å². The number of H-pyrrole nitrogens is 2. The van der Waals surface area contributed by atoms with Gasteiger partial charge in [-0.25, -0.2) is 9.78 Å². The average Bonchev–Trinajstić information content (AvgIpc) is 3.37. The molecule has 1 fully saturated rings. The normalized spacial score (nSPS) is 13.8. The molecule has 7 heteroatoms. The summed E-state index contributed by atoms with van der Waals surface area (Å²) < 4.78 is 5.65. The summed E-state index contributed by atoms with van der Waals surface area (Å²) in [6.07, 6.45) is 4.14. The van der Waals surface area contributed by atoms with Gasteiger partial charge >= 0.3 is 5.69 Å². The fourth-order valence-corrected chi connectivity index (χ4v) is 2.59. The lowest BCUT2D eigenvalue weighted by Crippen LogP contribution is -2.22. The van der Waals surface area contributed by atoms with E-state index in [0.29, 0.717) is 41.5 Å². The van der Waals surface area contributed by atoms with Crippen LogP contribution in [0.3, 0.4) is 0 Å². The zero-order valence-electron chi connectivity index (χ0n) is 13.5. The van der Waals surface area contributed by atoms with E-state index in [1.165, 1.54) is 12.8 Å². The third kappa shape index (κ3) is 3.71. The third-order valence-electron chi connectivity index (χ3n) is 4.19. The standard InChI is InChI=1S/C18H18N4O3/c23-17(13-3-4-14-15(8-13)22-18(24)21-14)20-9-12-5-6-19-16(7-12)25-10-11-1-2-11/h3-8,11H,1-2,9-10H2,(H,20,23)(H2,21,22,24). The molecule has 0 radical (unpaired) electrons. The van der Waals surface area contributed by atoms with Crippen LogP contribution in [-0.2, 0) is 6.54 Å². The Bertz CT molecular complexity index is 972. The molecule has 0 unspecified atom stereocenters. The molecule has 1 aliphatic carbocycles. The first-order valence-electron chi connectivity index (χ1n) is 8.25. The molecule has 0 atom stereocenters. The molecule has 0 bridgehead atoms. The Morgan fingerprint density at radius 2 is 2.04 bits per heavy atom. The number of fused-ring (bicyclic) bond motifs is 1. The second kappa shape index (κ2) is 6.43. The number of rotatable bonds is 6. The predicted molar refractivity (Wildman–Crippen MR) is 92.5 cm³/mol. The van der Waals surface area contributed by atoms with Crippen LogP contribution in [-0.4, -0.2) is 27.5 Å². The molecule has 1 aromatic carbocycles. The van der Waals surface area contributed by atoms with Crippen LogP contribution in [0.4, 0.5) is 0 Å². The van der Waals surface area contributed by atoms with Gasteiger partial charge in [-0.2, -0.15) is 0 Å². The number of carbonyl (C=O) groups excluding carboxylic acids is 1. The number of amides is 1. The molecule has 2 heterocycles. The van der Waals surface area contributed by atoms with Crippen molar-refractivity contribution in [2.24, 2.45) is 5.92 Å². The maximum Gasteiger partial charge on any atom is 0.323 e. The quantitative estimate of drug-likeness (QED) is 0.640. The fourth-order valence-electron chi connectivity index (χ4n) is 2.59. The number of benzene rings is 1. The number of carbonyl (C=O) groups is 1. The number of aromatic amines is 2. The summed E-state index contributed by atoms with van der Waals surface area (Å²) in [5.74, 6) is 1.05. The molecule has 0 spiro atoms. The van der Waals surface area contributed by atoms with Gasteiger partial charge in [0.15, 0.2) is 0 Å². The summed E-state index contributed by atoms with van der Waals surface area (Å²) >= 11 is 0. The van der Waals surface area contributed by atoms with Crippen molar-refractivity contribution in [2.45, 2.75) is 19.4 Å². The van der Waals surface area contributed by atoms with Gasteiger partial charge in [-0.15, -0.1) is 0 Å². The third-order valence-corrected chi connectivity index (χ3v) is 4.19. The Morgan fingerprint density at radius 1 is 1.20 bits per heavy atom. The number of hydrogen-bond donors (Lipinski definition) is 3. The van der Waals surface area contributed by atoms with Crippen LogP contribution in [0.25, 0.3) is 11.0 Å². The van der Waals surface area contributed by atoms with Crippen molar-refractivity contribution in [1.82, 2.24) is 20.3 Å². The summed E-state index contributed by atoms with van der Waals surface area (Å²) in [5.41, 5.74) is 2.40. The van der Waals surface area contributed by atoms with Crippen molar-refractivity contribution in [3.8, 4) is 5.88 Å². The molecule has 1 saturated carbocycles. The van der Waals surface area contributed by atoms with Gasteiger partial charge in [-0.1, -0.05) is 0 Å². The molecule has 2 aromatic heterocycles. The lowest BCUT2D eigenvalue weighted by atomic mass is 10.2. The van der Waals surface area contributed by atoms with Crippen molar-refractivity contribution >= 4 is 16.9 Å². The molecular formula is C18H18N4O3. The largest absolute Gasteiger partial charge is 0.477 e. The number of nitrogens with zero attached hydrogens (tertiary/aromatic N) is 1. The first-order chi connectivity index (χ1) is 12.2. The minimum atomic E-state index is -0.289. The van der Waals surface area contributed by atoms with E-state index in [9.17, 15) is 9.59 Å². The van der Waals surface area contributed by atoms with Gasteiger partial charge in [0.05, 0.1) is 17.6 Å². The monoisotopic (exact) mass is 338 g/mol. The Hall–Kier alpha value is -3.09. The first-order valence-corrected chi connectivity index (χ1v) is 8.25. The number of hydrogen-bond acceptors (Lipinski definition) is 4. The minimum Gasteiger partial charge on any atom is -0.477 e. The molecule has 25 heavy (non-hydrogen) atoms. The van der Waals surface area contributed by atoms with E-state index < -0.39 is 0 Å². The molecule has 1 aliphatic rings. The fraction of sp³-hybridized carbons (Fsp3) is 0.278. The van der Waals surface area contributed by atoms with Crippen molar-refractivity contribution in [1.29, 1.82) is 0 Å². The number of ether oxygens (including phenoxy) is 1. The Labute approximate surface area is 143 Å². The summed E-state index contributed by atoms with van der Waals surface area (Å²) in [6.45, 7) is 1.08. The Morgan fingerprint density at radius 3 is 2.88 bits per heavy atom. The highest BCUT2D eigenvalue weighted by molar-refractivity contribution is 5.97. The molecule has 4 rings (SSSR count). The summed E-state index contributed by atoms with van der Waals surface area (Å²) in [6, 6.07) is 8.72. The molecule has 128 valence electrons. The number of nitrogens with one attached hydrogen (secondary N) is 3. The van der Waals surface area contributed by atoms with Crippen LogP contribution in [0.1, 0.15) is 28.8 Å². The molecule has 3 aromatic rings. The number of pyridine rings is 1. The van der Waals surface area contributed by atoms with Crippen LogP contribution < -0.4 is 15.7 Å². The van der Waals surface area contributed by atoms with E-state index in [-0.39, 0.29) is 11.6 Å². The molecule has 0 saturated heterocycles. The predicted octanol–water partition coefficient (Wildman–Crippen LogP) is 1.97. The number of imidazole rings is 1. The molecular weight excluding hydrogens is 320 g/mol. The lowest BCUT2D eigenvalue weighted by molar-refractivity contribution is 0.0951. The van der Waals surface area contributed by atoms with Crippen LogP contribution in [0.2, 0.25) is 0 Å². The molecule has 3 N–H and O–H groups in total. The smallest absolute Gasteiger partial charge is 0.323 e. The highest BCUT2D eigenvalue weighted by Gasteiger charge is 2.22. The lowest BCUT2D eigenvalue weighted by Gasteiger charge is -2.08. The van der Waals surface area contributed by atoms with E-state index in [2.05, 4.69) is 20.3 Å². The first kappa shape index (κ1) is 15.4. The van der Waals surface area contributed by atoms with Gasteiger partial charge in [0.1, 0.15) is 0 Å². The summed E-state index contributed by atoms with van der Waals surface area (Å²) in [5, 5.41) is 2.87. The van der Waals surface area contributed by atoms with E-state index in [1.807, 2.05) is 12.1 Å². The van der Waals surface area contributed by atoms with E-state index in [1.54, 1.807) is 24.4 Å². The van der Waals surface area contributed by atoms with Crippen molar-refractivity contribution in [2.75, 3.05) is 6.61 Å². The van der Waals surface area contributed by atoms with Gasteiger partial charge in [0, 0.05) is 24.4 Å². The second-order valence-electron chi connectivity index (χ2n) is 6.28. The maximum absolute atomic E-state index is 12.3.